The van der Waals surface area contributed by atoms with E-state index in [9.17, 15) is 0 Å². The number of ether oxygens (including phenoxy) is 1. The maximum atomic E-state index is 8.82. The number of hydrogen-bond donors (Lipinski definition) is 1. The molecule has 0 aliphatic heterocycles. The molecule has 0 saturated heterocycles. The minimum Gasteiger partial charge on any atom is -0.464 e. The van der Waals surface area contributed by atoms with Crippen LogP contribution in [0.25, 0.3) is 0 Å². The number of nitrogens with zero attached hydrogens (tertiary/aromatic N) is 2. The van der Waals surface area contributed by atoms with Gasteiger partial charge in [0, 0.05) is 4.47 Å². The zero-order chi connectivity index (χ0) is 11.4. The van der Waals surface area contributed by atoms with Gasteiger partial charge in [-0.25, -0.2) is 0 Å². The number of halogens is 1. The first kappa shape index (κ1) is 11.5. The normalized spacial score (nSPS) is 10.4. The standard InChI is InChI=1S/C10H9BrN2O2S/c11-8-3-1-2-7(4-8)6-15-10-13-12-9(5-14)16-10/h1-4,14H,5-6H2. The Kier molecular flexibility index (Phi) is 3.87. The van der Waals surface area contributed by atoms with E-state index in [0.717, 1.165) is 10.0 Å². The first-order chi connectivity index (χ1) is 7.78. The van der Waals surface area contributed by atoms with Crippen LogP contribution in [0.4, 0.5) is 0 Å². The van der Waals surface area contributed by atoms with Crippen molar-refractivity contribution in [2.24, 2.45) is 0 Å². The summed E-state index contributed by atoms with van der Waals surface area (Å²) in [7, 11) is 0. The van der Waals surface area contributed by atoms with Gasteiger partial charge >= 0.3 is 0 Å². The van der Waals surface area contributed by atoms with Gasteiger partial charge < -0.3 is 9.84 Å². The van der Waals surface area contributed by atoms with Crippen molar-refractivity contribution in [3.8, 4) is 5.19 Å². The molecule has 0 unspecified atom stereocenters. The number of aliphatic hydroxyl groups excluding tert-OH is 1. The third-order valence-corrected chi connectivity index (χ3v) is 3.15. The van der Waals surface area contributed by atoms with E-state index in [2.05, 4.69) is 26.1 Å². The molecule has 0 saturated carbocycles. The monoisotopic (exact) mass is 300 g/mol. The molecule has 1 N–H and O–H groups in total. The molecule has 0 spiro atoms. The van der Waals surface area contributed by atoms with Crippen LogP contribution in [0.1, 0.15) is 10.6 Å². The van der Waals surface area contributed by atoms with Gasteiger partial charge in [-0.1, -0.05) is 44.5 Å². The lowest BCUT2D eigenvalue weighted by atomic mass is 10.2. The Bertz CT molecular complexity index is 475. The smallest absolute Gasteiger partial charge is 0.294 e. The minimum absolute atomic E-state index is 0.0993. The van der Waals surface area contributed by atoms with E-state index < -0.39 is 0 Å². The highest BCUT2D eigenvalue weighted by Gasteiger charge is 2.04. The summed E-state index contributed by atoms with van der Waals surface area (Å²) in [6.07, 6.45) is 0. The summed E-state index contributed by atoms with van der Waals surface area (Å²) in [4.78, 5) is 0. The molecule has 4 nitrogen and oxygen atoms in total. The topological polar surface area (TPSA) is 55.2 Å². The highest BCUT2D eigenvalue weighted by molar-refractivity contribution is 9.10. The predicted octanol–water partition coefficient (Wildman–Crippen LogP) is 2.37. The molecule has 0 fully saturated rings. The van der Waals surface area contributed by atoms with E-state index >= 15 is 0 Å². The van der Waals surface area contributed by atoms with Crippen LogP contribution in [0, 0.1) is 0 Å². The quantitative estimate of drug-likeness (QED) is 0.942. The Labute approximate surface area is 105 Å². The summed E-state index contributed by atoms with van der Waals surface area (Å²) in [6.45, 7) is 0.345. The maximum Gasteiger partial charge on any atom is 0.294 e. The highest BCUT2D eigenvalue weighted by Crippen LogP contribution is 2.19. The summed E-state index contributed by atoms with van der Waals surface area (Å²) < 4.78 is 6.46. The van der Waals surface area contributed by atoms with Crippen LogP contribution >= 0.6 is 27.3 Å². The fourth-order valence-corrected chi connectivity index (χ4v) is 2.13. The number of hydrogen-bond acceptors (Lipinski definition) is 5. The Morgan fingerprint density at radius 1 is 1.38 bits per heavy atom. The Balaban J connectivity index is 1.96. The molecule has 0 radical (unpaired) electrons. The van der Waals surface area contributed by atoms with Crippen molar-refractivity contribution in [1.29, 1.82) is 0 Å². The van der Waals surface area contributed by atoms with Crippen molar-refractivity contribution in [2.75, 3.05) is 0 Å². The van der Waals surface area contributed by atoms with Gasteiger partial charge in [-0.15, -0.1) is 5.10 Å². The molecule has 16 heavy (non-hydrogen) atoms. The van der Waals surface area contributed by atoms with E-state index in [0.29, 0.717) is 16.8 Å². The number of aromatic nitrogens is 2. The van der Waals surface area contributed by atoms with Crippen LogP contribution in [0.15, 0.2) is 28.7 Å². The predicted molar refractivity (Wildman–Crippen MR) is 64.3 cm³/mol. The Morgan fingerprint density at radius 2 is 2.25 bits per heavy atom. The average molecular weight is 301 g/mol. The van der Waals surface area contributed by atoms with Crippen molar-refractivity contribution in [3.63, 3.8) is 0 Å². The van der Waals surface area contributed by atoms with E-state index in [-0.39, 0.29) is 6.61 Å². The number of rotatable bonds is 4. The number of aliphatic hydroxyl groups is 1. The lowest BCUT2D eigenvalue weighted by molar-refractivity contribution is 0.279. The summed E-state index contributed by atoms with van der Waals surface area (Å²) in [6, 6.07) is 7.85. The van der Waals surface area contributed by atoms with Gasteiger partial charge in [-0.2, -0.15) is 0 Å². The third kappa shape index (κ3) is 3.01. The largest absolute Gasteiger partial charge is 0.464 e. The van der Waals surface area contributed by atoms with Crippen LogP contribution in [0.2, 0.25) is 0 Å². The fourth-order valence-electron chi connectivity index (χ4n) is 1.13. The zero-order valence-electron chi connectivity index (χ0n) is 8.26. The Morgan fingerprint density at radius 3 is 2.94 bits per heavy atom. The van der Waals surface area contributed by atoms with Crippen LogP contribution in [0.5, 0.6) is 5.19 Å². The molecule has 1 aromatic carbocycles. The van der Waals surface area contributed by atoms with Crippen LogP contribution in [0.3, 0.4) is 0 Å². The van der Waals surface area contributed by atoms with E-state index in [1.807, 2.05) is 24.3 Å². The SMILES string of the molecule is OCc1nnc(OCc2cccc(Br)c2)s1. The summed E-state index contributed by atoms with van der Waals surface area (Å²) in [5.74, 6) is 0. The molecule has 0 aliphatic carbocycles. The highest BCUT2D eigenvalue weighted by atomic mass is 79.9. The van der Waals surface area contributed by atoms with Crippen molar-refractivity contribution in [2.45, 2.75) is 13.2 Å². The van der Waals surface area contributed by atoms with Gasteiger partial charge in [0.25, 0.3) is 5.19 Å². The molecule has 0 atom stereocenters. The second kappa shape index (κ2) is 5.38. The molecular weight excluding hydrogens is 292 g/mol. The van der Waals surface area contributed by atoms with E-state index in [1.165, 1.54) is 11.3 Å². The average Bonchev–Trinajstić information content (AvgIpc) is 2.74. The van der Waals surface area contributed by atoms with Gasteiger partial charge in [0.05, 0.1) is 6.61 Å². The van der Waals surface area contributed by atoms with Gasteiger partial charge in [0.1, 0.15) is 11.6 Å². The molecular formula is C10H9BrN2O2S. The van der Waals surface area contributed by atoms with E-state index in [1.54, 1.807) is 0 Å². The summed E-state index contributed by atoms with van der Waals surface area (Å²) >= 11 is 4.64. The number of benzene rings is 1. The fraction of sp³-hybridized carbons (Fsp3) is 0.200. The zero-order valence-corrected chi connectivity index (χ0v) is 10.7. The van der Waals surface area contributed by atoms with Gasteiger partial charge in [-0.05, 0) is 17.7 Å². The van der Waals surface area contributed by atoms with Gasteiger partial charge in [-0.3, -0.25) is 0 Å². The molecule has 0 bridgehead atoms. The van der Waals surface area contributed by atoms with Crippen LogP contribution in [-0.2, 0) is 13.2 Å². The minimum atomic E-state index is -0.0993. The lowest BCUT2D eigenvalue weighted by Crippen LogP contribution is -1.94. The Hall–Kier alpha value is -0.980. The third-order valence-electron chi connectivity index (χ3n) is 1.83. The van der Waals surface area contributed by atoms with E-state index in [4.69, 9.17) is 9.84 Å². The van der Waals surface area contributed by atoms with Gasteiger partial charge in [0.15, 0.2) is 0 Å². The first-order valence-corrected chi connectivity index (χ1v) is 6.19. The van der Waals surface area contributed by atoms with Crippen LogP contribution in [-0.4, -0.2) is 15.3 Å². The lowest BCUT2D eigenvalue weighted by Gasteiger charge is -2.01. The molecule has 0 amide bonds. The molecule has 2 rings (SSSR count). The molecule has 2 aromatic rings. The molecule has 84 valence electrons. The maximum absolute atomic E-state index is 8.82. The second-order valence-corrected chi connectivity index (χ2v) is 4.98. The summed E-state index contributed by atoms with van der Waals surface area (Å²) in [5, 5.41) is 17.4. The first-order valence-electron chi connectivity index (χ1n) is 4.58. The molecule has 1 aromatic heterocycles. The summed E-state index contributed by atoms with van der Waals surface area (Å²) in [5.41, 5.74) is 1.05. The van der Waals surface area contributed by atoms with Crippen molar-refractivity contribution < 1.29 is 9.84 Å². The van der Waals surface area contributed by atoms with Crippen molar-refractivity contribution >= 4 is 27.3 Å². The molecule has 6 heteroatoms. The van der Waals surface area contributed by atoms with Gasteiger partial charge in [0.2, 0.25) is 0 Å². The second-order valence-electron chi connectivity index (χ2n) is 3.04. The molecule has 1 heterocycles. The van der Waals surface area contributed by atoms with Crippen molar-refractivity contribution in [3.05, 3.63) is 39.3 Å². The van der Waals surface area contributed by atoms with Crippen LogP contribution < -0.4 is 4.74 Å². The molecule has 0 aliphatic rings. The van der Waals surface area contributed by atoms with Crippen molar-refractivity contribution in [1.82, 2.24) is 10.2 Å².